The van der Waals surface area contributed by atoms with Crippen molar-refractivity contribution >= 4 is 23.6 Å². The van der Waals surface area contributed by atoms with E-state index in [0.29, 0.717) is 0 Å². The first-order chi connectivity index (χ1) is 1.91. The Balaban J connectivity index is 0. The summed E-state index contributed by atoms with van der Waals surface area (Å²) in [5.74, 6) is 0. The second kappa shape index (κ2) is 8.95. The molecule has 5 heteroatoms. The van der Waals surface area contributed by atoms with Gasteiger partial charge in [0.1, 0.15) is 0 Å². The minimum Gasteiger partial charge on any atom is -0.155 e. The third-order valence-corrected chi connectivity index (χ3v) is 0.321. The van der Waals surface area contributed by atoms with Gasteiger partial charge in [0.15, 0.2) is 0 Å². The Labute approximate surface area is 54.7 Å². The van der Waals surface area contributed by atoms with Crippen LogP contribution in [0.4, 0.5) is 0 Å². The number of hydrogen-bond acceptors (Lipinski definition) is 2. The smallest absolute Gasteiger partial charge is 0 e. The Morgan fingerprint density at radius 1 is 1.00 bits per heavy atom. The predicted molar refractivity (Wildman–Crippen MR) is 18.0 cm³/mol. The SMILES string of the molecule is ClNNCl.[Pt]. The molecule has 0 atom stereocenters. The van der Waals surface area contributed by atoms with Crippen LogP contribution in [-0.2, 0) is 21.1 Å². The van der Waals surface area contributed by atoms with E-state index in [4.69, 9.17) is 23.6 Å². The van der Waals surface area contributed by atoms with E-state index in [1.54, 1.807) is 0 Å². The van der Waals surface area contributed by atoms with Gasteiger partial charge >= 0.3 is 0 Å². The fourth-order valence-corrected chi connectivity index (χ4v) is 0. The van der Waals surface area contributed by atoms with Crippen LogP contribution in [0.15, 0.2) is 0 Å². The fraction of sp³-hybridized carbons (Fsp3) is 0. The number of halogens is 2. The van der Waals surface area contributed by atoms with Gasteiger partial charge in [0.05, 0.1) is 0 Å². The maximum Gasteiger partial charge on any atom is 0 e. The molecule has 0 radical (unpaired) electrons. The van der Waals surface area contributed by atoms with Gasteiger partial charge in [0.25, 0.3) is 0 Å². The van der Waals surface area contributed by atoms with Crippen LogP contribution >= 0.6 is 23.6 Å². The number of rotatable bonds is 1. The van der Waals surface area contributed by atoms with Crippen molar-refractivity contribution in [1.82, 2.24) is 9.89 Å². The second-order valence-electron chi connectivity index (χ2n) is 0.189. The molecule has 0 saturated heterocycles. The normalized spacial score (nSPS) is 6.00. The van der Waals surface area contributed by atoms with Gasteiger partial charge in [0, 0.05) is 21.1 Å². The van der Waals surface area contributed by atoms with Crippen LogP contribution in [0.1, 0.15) is 0 Å². The minimum atomic E-state index is 0. The average molecular weight is 296 g/mol. The summed E-state index contributed by atoms with van der Waals surface area (Å²) >= 11 is 9.39. The second-order valence-corrected chi connectivity index (χ2v) is 0.567. The summed E-state index contributed by atoms with van der Waals surface area (Å²) in [6.45, 7) is 0. The van der Waals surface area contributed by atoms with E-state index in [0.717, 1.165) is 0 Å². The molecule has 0 unspecified atom stereocenters. The van der Waals surface area contributed by atoms with Crippen molar-refractivity contribution in [3.63, 3.8) is 0 Å². The van der Waals surface area contributed by atoms with Crippen LogP contribution in [0.2, 0.25) is 0 Å². The van der Waals surface area contributed by atoms with Crippen LogP contribution in [0.25, 0.3) is 0 Å². The van der Waals surface area contributed by atoms with E-state index >= 15 is 0 Å². The third-order valence-electron chi connectivity index (χ3n) is 0.0357. The summed E-state index contributed by atoms with van der Waals surface area (Å²) in [5.41, 5.74) is 0. The molecule has 0 aromatic carbocycles. The minimum absolute atomic E-state index is 0. The van der Waals surface area contributed by atoms with E-state index in [1.165, 1.54) is 0 Å². The topological polar surface area (TPSA) is 24.1 Å². The van der Waals surface area contributed by atoms with Crippen molar-refractivity contribution in [2.75, 3.05) is 0 Å². The zero-order valence-corrected chi connectivity index (χ0v) is 5.86. The monoisotopic (exact) mass is 295 g/mol. The molecule has 0 aliphatic rings. The number of hydrazine groups is 1. The summed E-state index contributed by atoms with van der Waals surface area (Å²) < 4.78 is 0. The molecule has 0 aromatic rings. The molecule has 0 aliphatic heterocycles. The molecule has 0 amide bonds. The quantitative estimate of drug-likeness (QED) is 0.540. The molecule has 0 aliphatic carbocycles. The molecular weight excluding hydrogens is 294 g/mol. The first-order valence-corrected chi connectivity index (χ1v) is 1.38. The molecular formula is H2Cl2N2Pt. The molecule has 2 nitrogen and oxygen atoms in total. The third kappa shape index (κ3) is 11.0. The molecule has 0 rings (SSSR count). The Bertz CT molecular complexity index is 9.61. The van der Waals surface area contributed by atoms with Crippen molar-refractivity contribution in [1.29, 1.82) is 0 Å². The van der Waals surface area contributed by atoms with Crippen LogP contribution in [0.5, 0.6) is 0 Å². The molecule has 0 fully saturated rings. The molecule has 2 N–H and O–H groups in total. The maximum absolute atomic E-state index is 4.69. The first-order valence-electron chi connectivity index (χ1n) is 0.628. The summed E-state index contributed by atoms with van der Waals surface area (Å²) in [6.07, 6.45) is 0. The van der Waals surface area contributed by atoms with E-state index in [1.807, 2.05) is 9.89 Å². The van der Waals surface area contributed by atoms with Gasteiger partial charge in [0.2, 0.25) is 0 Å². The van der Waals surface area contributed by atoms with E-state index in [-0.39, 0.29) is 21.1 Å². The van der Waals surface area contributed by atoms with E-state index < -0.39 is 0 Å². The Kier molecular flexibility index (Phi) is 17.0. The van der Waals surface area contributed by atoms with Crippen molar-refractivity contribution in [3.8, 4) is 0 Å². The maximum atomic E-state index is 4.69. The van der Waals surface area contributed by atoms with Crippen LogP contribution in [0, 0.1) is 0 Å². The Morgan fingerprint density at radius 3 is 1.20 bits per heavy atom. The zero-order valence-electron chi connectivity index (χ0n) is 2.07. The van der Waals surface area contributed by atoms with Crippen molar-refractivity contribution in [2.45, 2.75) is 0 Å². The fourth-order valence-electron chi connectivity index (χ4n) is 0. The van der Waals surface area contributed by atoms with Gasteiger partial charge in [-0.25, -0.2) is 0 Å². The first kappa shape index (κ1) is 9.50. The molecule has 0 bridgehead atoms. The predicted octanol–water partition coefficient (Wildman–Crippen LogP) is 0.386. The molecule has 36 valence electrons. The van der Waals surface area contributed by atoms with Crippen molar-refractivity contribution in [2.24, 2.45) is 0 Å². The average Bonchev–Trinajstić information content (AvgIpc) is 1.37. The van der Waals surface area contributed by atoms with Crippen LogP contribution in [-0.4, -0.2) is 0 Å². The summed E-state index contributed by atoms with van der Waals surface area (Å²) in [4.78, 5) is 3.84. The zero-order chi connectivity index (χ0) is 3.41. The standard InChI is InChI=1S/Cl2H2N2.Pt/c1-3-4-2;/h3-4H;. The van der Waals surface area contributed by atoms with Gasteiger partial charge in [-0.2, -0.15) is 9.89 Å². The Hall–Kier alpha value is 1.19. The largest absolute Gasteiger partial charge is 0.155 e. The van der Waals surface area contributed by atoms with Gasteiger partial charge in [-0.05, 0) is 23.6 Å². The van der Waals surface area contributed by atoms with E-state index in [2.05, 4.69) is 0 Å². The molecule has 0 aromatic heterocycles. The molecule has 5 heavy (non-hydrogen) atoms. The summed E-state index contributed by atoms with van der Waals surface area (Å²) in [7, 11) is 0. The molecule has 0 heterocycles. The summed E-state index contributed by atoms with van der Waals surface area (Å²) in [6, 6.07) is 0. The van der Waals surface area contributed by atoms with Gasteiger partial charge < -0.3 is 0 Å². The van der Waals surface area contributed by atoms with E-state index in [9.17, 15) is 0 Å². The van der Waals surface area contributed by atoms with Gasteiger partial charge in [-0.3, -0.25) is 0 Å². The number of hydrogen-bond donors (Lipinski definition) is 2. The molecule has 0 spiro atoms. The van der Waals surface area contributed by atoms with Crippen molar-refractivity contribution in [3.05, 3.63) is 0 Å². The summed E-state index contributed by atoms with van der Waals surface area (Å²) in [5, 5.41) is 0. The number of nitrogens with one attached hydrogen (secondary N) is 2. The van der Waals surface area contributed by atoms with Crippen LogP contribution in [0.3, 0.4) is 0 Å². The Morgan fingerprint density at radius 2 is 1.20 bits per heavy atom. The van der Waals surface area contributed by atoms with Crippen molar-refractivity contribution < 1.29 is 21.1 Å². The van der Waals surface area contributed by atoms with Gasteiger partial charge in [-0.15, -0.1) is 0 Å². The molecule has 0 saturated carbocycles. The van der Waals surface area contributed by atoms with Crippen LogP contribution < -0.4 is 9.89 Å². The van der Waals surface area contributed by atoms with Gasteiger partial charge in [-0.1, -0.05) is 0 Å².